The van der Waals surface area contributed by atoms with Gasteiger partial charge in [0.2, 0.25) is 0 Å². The van der Waals surface area contributed by atoms with Crippen LogP contribution in [0.1, 0.15) is 39.0 Å². The van der Waals surface area contributed by atoms with Crippen molar-refractivity contribution < 1.29 is 14.9 Å². The molecule has 0 aliphatic heterocycles. The zero-order valence-electron chi connectivity index (χ0n) is 8.54. The van der Waals surface area contributed by atoms with Crippen molar-refractivity contribution in [3.05, 3.63) is 0 Å². The second-order valence-electron chi connectivity index (χ2n) is 3.21. The smallest absolute Gasteiger partial charge is 0.0562 e. The maximum atomic E-state index is 9.26. The third kappa shape index (κ3) is 9.80. The number of rotatable bonds is 9. The number of ether oxygens (including phenoxy) is 1. The van der Waals surface area contributed by atoms with Crippen LogP contribution < -0.4 is 0 Å². The summed E-state index contributed by atoms with van der Waals surface area (Å²) in [7, 11) is 0. The molecule has 80 valence electrons. The van der Waals surface area contributed by atoms with Gasteiger partial charge in [0, 0.05) is 19.8 Å². The van der Waals surface area contributed by atoms with E-state index < -0.39 is 0 Å². The Bertz CT molecular complexity index is 96.2. The highest BCUT2D eigenvalue weighted by Gasteiger charge is 2.01. The number of aliphatic hydroxyl groups excluding tert-OH is 2. The highest BCUT2D eigenvalue weighted by atomic mass is 16.5. The topological polar surface area (TPSA) is 49.7 Å². The number of unbranched alkanes of at least 4 members (excludes halogenated alkanes) is 2. The van der Waals surface area contributed by atoms with E-state index in [9.17, 15) is 5.11 Å². The molecule has 0 rings (SSSR count). The molecule has 0 spiro atoms. The van der Waals surface area contributed by atoms with E-state index in [1.54, 1.807) is 0 Å². The van der Waals surface area contributed by atoms with E-state index in [2.05, 4.69) is 0 Å². The molecule has 0 aliphatic carbocycles. The van der Waals surface area contributed by atoms with Gasteiger partial charge in [-0.15, -0.1) is 0 Å². The summed E-state index contributed by atoms with van der Waals surface area (Å²) in [5.41, 5.74) is 0. The van der Waals surface area contributed by atoms with Gasteiger partial charge in [0.1, 0.15) is 0 Å². The molecule has 0 saturated heterocycles. The molecular weight excluding hydrogens is 168 g/mol. The van der Waals surface area contributed by atoms with Crippen LogP contribution >= 0.6 is 0 Å². The maximum absolute atomic E-state index is 9.26. The molecule has 0 heterocycles. The van der Waals surface area contributed by atoms with Gasteiger partial charge in [0.15, 0.2) is 0 Å². The van der Waals surface area contributed by atoms with Crippen LogP contribution in [-0.4, -0.2) is 36.1 Å². The summed E-state index contributed by atoms with van der Waals surface area (Å²) in [6, 6.07) is 0. The molecule has 0 aromatic heterocycles. The van der Waals surface area contributed by atoms with Gasteiger partial charge in [-0.1, -0.05) is 12.8 Å². The van der Waals surface area contributed by atoms with Gasteiger partial charge in [0.05, 0.1) is 6.10 Å². The first-order chi connectivity index (χ1) is 6.31. The van der Waals surface area contributed by atoms with Crippen molar-refractivity contribution in [1.29, 1.82) is 0 Å². The van der Waals surface area contributed by atoms with Crippen LogP contribution in [0.2, 0.25) is 0 Å². The lowest BCUT2D eigenvalue weighted by Gasteiger charge is -2.07. The average molecular weight is 190 g/mol. The minimum Gasteiger partial charge on any atom is -0.396 e. The molecule has 0 amide bonds. The summed E-state index contributed by atoms with van der Waals surface area (Å²) >= 11 is 0. The molecular formula is C10H22O3. The van der Waals surface area contributed by atoms with Crippen molar-refractivity contribution in [3.8, 4) is 0 Å². The highest BCUT2D eigenvalue weighted by molar-refractivity contribution is 4.54. The van der Waals surface area contributed by atoms with Crippen molar-refractivity contribution in [2.75, 3.05) is 19.8 Å². The minimum atomic E-state index is -0.322. The number of hydrogen-bond acceptors (Lipinski definition) is 3. The summed E-state index contributed by atoms with van der Waals surface area (Å²) in [6.07, 6.45) is 4.17. The van der Waals surface area contributed by atoms with Gasteiger partial charge in [-0.05, 0) is 26.2 Å². The lowest BCUT2D eigenvalue weighted by atomic mass is 10.1. The molecule has 0 fully saturated rings. The zero-order valence-corrected chi connectivity index (χ0v) is 8.54. The van der Waals surface area contributed by atoms with E-state index in [-0.39, 0.29) is 12.7 Å². The van der Waals surface area contributed by atoms with Gasteiger partial charge in [-0.2, -0.15) is 0 Å². The fraction of sp³-hybridized carbons (Fsp3) is 1.00. The molecule has 13 heavy (non-hydrogen) atoms. The van der Waals surface area contributed by atoms with Gasteiger partial charge in [-0.3, -0.25) is 0 Å². The van der Waals surface area contributed by atoms with Crippen molar-refractivity contribution in [1.82, 2.24) is 0 Å². The van der Waals surface area contributed by atoms with Crippen LogP contribution in [0.15, 0.2) is 0 Å². The first-order valence-corrected chi connectivity index (χ1v) is 5.18. The largest absolute Gasteiger partial charge is 0.396 e. The Morgan fingerprint density at radius 1 is 1.15 bits per heavy atom. The molecule has 0 radical (unpaired) electrons. The van der Waals surface area contributed by atoms with Crippen LogP contribution in [0.5, 0.6) is 0 Å². The van der Waals surface area contributed by atoms with Gasteiger partial charge in [0.25, 0.3) is 0 Å². The predicted molar refractivity (Wildman–Crippen MR) is 52.7 cm³/mol. The summed E-state index contributed by atoms with van der Waals surface area (Å²) < 4.78 is 5.19. The summed E-state index contributed by atoms with van der Waals surface area (Å²) in [5.74, 6) is 0. The van der Waals surface area contributed by atoms with E-state index in [4.69, 9.17) is 9.84 Å². The summed E-state index contributed by atoms with van der Waals surface area (Å²) in [5, 5.41) is 17.8. The van der Waals surface area contributed by atoms with Crippen LogP contribution in [0.25, 0.3) is 0 Å². The zero-order chi connectivity index (χ0) is 9.94. The molecule has 0 aromatic carbocycles. The predicted octanol–water partition coefficient (Wildman–Crippen LogP) is 1.33. The second-order valence-corrected chi connectivity index (χ2v) is 3.21. The van der Waals surface area contributed by atoms with E-state index >= 15 is 0 Å². The summed E-state index contributed by atoms with van der Waals surface area (Å²) in [4.78, 5) is 0. The Morgan fingerprint density at radius 3 is 2.54 bits per heavy atom. The van der Waals surface area contributed by atoms with Crippen LogP contribution in [0, 0.1) is 0 Å². The molecule has 0 bridgehead atoms. The molecule has 3 heteroatoms. The molecule has 0 saturated carbocycles. The quantitative estimate of drug-likeness (QED) is 0.539. The molecule has 3 nitrogen and oxygen atoms in total. The van der Waals surface area contributed by atoms with Crippen molar-refractivity contribution in [2.24, 2.45) is 0 Å². The minimum absolute atomic E-state index is 0.0834. The highest BCUT2D eigenvalue weighted by Crippen LogP contribution is 2.06. The normalized spacial score (nSPS) is 13.2. The van der Waals surface area contributed by atoms with Crippen LogP contribution in [0.4, 0.5) is 0 Å². The Balaban J connectivity index is 2.97. The number of aliphatic hydroxyl groups is 2. The van der Waals surface area contributed by atoms with Crippen molar-refractivity contribution in [3.63, 3.8) is 0 Å². The standard InChI is InChI=1S/C10H22O3/c1-2-13-9-5-3-4-6-10(12)7-8-11/h10-12H,2-9H2,1H3. The molecule has 2 N–H and O–H groups in total. The second kappa shape index (κ2) is 9.96. The molecule has 0 aliphatic rings. The van der Waals surface area contributed by atoms with Crippen LogP contribution in [0.3, 0.4) is 0 Å². The first-order valence-electron chi connectivity index (χ1n) is 5.18. The Morgan fingerprint density at radius 2 is 1.92 bits per heavy atom. The average Bonchev–Trinajstić information content (AvgIpc) is 2.11. The molecule has 1 unspecified atom stereocenters. The monoisotopic (exact) mass is 190 g/mol. The number of hydrogen-bond donors (Lipinski definition) is 2. The van der Waals surface area contributed by atoms with E-state index in [1.807, 2.05) is 6.92 Å². The maximum Gasteiger partial charge on any atom is 0.0562 e. The first kappa shape index (κ1) is 12.9. The molecule has 0 aromatic rings. The third-order valence-corrected chi connectivity index (χ3v) is 1.99. The van der Waals surface area contributed by atoms with E-state index in [0.29, 0.717) is 6.42 Å². The Hall–Kier alpha value is -0.120. The van der Waals surface area contributed by atoms with Crippen molar-refractivity contribution >= 4 is 0 Å². The lowest BCUT2D eigenvalue weighted by Crippen LogP contribution is -2.08. The lowest BCUT2D eigenvalue weighted by molar-refractivity contribution is 0.118. The third-order valence-electron chi connectivity index (χ3n) is 1.99. The van der Waals surface area contributed by atoms with E-state index in [1.165, 1.54) is 0 Å². The van der Waals surface area contributed by atoms with Gasteiger partial charge >= 0.3 is 0 Å². The SMILES string of the molecule is CCOCCCCCC(O)CCO. The Labute approximate surface area is 80.7 Å². The fourth-order valence-corrected chi connectivity index (χ4v) is 1.20. The van der Waals surface area contributed by atoms with Crippen LogP contribution in [-0.2, 0) is 4.74 Å². The van der Waals surface area contributed by atoms with Gasteiger partial charge < -0.3 is 14.9 Å². The summed E-state index contributed by atoms with van der Waals surface area (Å²) in [6.45, 7) is 3.69. The van der Waals surface area contributed by atoms with Crippen molar-refractivity contribution in [2.45, 2.75) is 45.1 Å². The van der Waals surface area contributed by atoms with E-state index in [0.717, 1.165) is 38.9 Å². The fourth-order valence-electron chi connectivity index (χ4n) is 1.20. The van der Waals surface area contributed by atoms with Gasteiger partial charge in [-0.25, -0.2) is 0 Å². The molecule has 1 atom stereocenters. The Kier molecular flexibility index (Phi) is 9.87.